The number of amides is 2. The van der Waals surface area contributed by atoms with E-state index >= 15 is 0 Å². The first kappa shape index (κ1) is 20.2. The topological polar surface area (TPSA) is 97.6 Å². The van der Waals surface area contributed by atoms with Gasteiger partial charge in [-0.15, -0.1) is 0 Å². The maximum absolute atomic E-state index is 12.4. The van der Waals surface area contributed by atoms with E-state index in [4.69, 9.17) is 9.15 Å². The first-order valence-corrected chi connectivity index (χ1v) is 8.70. The van der Waals surface area contributed by atoms with Crippen molar-refractivity contribution in [1.29, 1.82) is 0 Å². The summed E-state index contributed by atoms with van der Waals surface area (Å²) in [7, 11) is 0. The number of nitrogens with one attached hydrogen (secondary N) is 2. The molecule has 1 heterocycles. The largest absolute Gasteiger partial charge is 0.467 e. The summed E-state index contributed by atoms with van der Waals surface area (Å²) in [5.74, 6) is -1.07. The number of ether oxygens (including phenoxy) is 1. The molecule has 27 heavy (non-hydrogen) atoms. The van der Waals surface area contributed by atoms with E-state index in [0.29, 0.717) is 11.3 Å². The summed E-state index contributed by atoms with van der Waals surface area (Å²) in [6.07, 6.45) is 1.51. The van der Waals surface area contributed by atoms with Crippen molar-refractivity contribution < 1.29 is 23.5 Å². The molecule has 0 aliphatic carbocycles. The number of hydrogen-bond donors (Lipinski definition) is 2. The van der Waals surface area contributed by atoms with Gasteiger partial charge >= 0.3 is 5.97 Å². The Morgan fingerprint density at radius 1 is 1.15 bits per heavy atom. The van der Waals surface area contributed by atoms with Crippen LogP contribution in [0.25, 0.3) is 0 Å². The standard InChI is InChI=1S/C20H24N2O5/c1-13(2)18(22-19(24)15-7-4-6-14(3)10-15)20(25)27-12-17(23)21-11-16-8-5-9-26-16/h4-10,13,18H,11-12H2,1-3H3,(H,21,23)(H,22,24)/t18-/m0/s1. The van der Waals surface area contributed by atoms with Crippen molar-refractivity contribution in [2.45, 2.75) is 33.4 Å². The number of hydrogen-bond acceptors (Lipinski definition) is 5. The summed E-state index contributed by atoms with van der Waals surface area (Å²) in [6.45, 7) is 5.25. The number of rotatable bonds is 8. The van der Waals surface area contributed by atoms with E-state index in [0.717, 1.165) is 5.56 Å². The Balaban J connectivity index is 1.86. The van der Waals surface area contributed by atoms with Gasteiger partial charge in [-0.3, -0.25) is 9.59 Å². The molecule has 144 valence electrons. The van der Waals surface area contributed by atoms with Crippen molar-refractivity contribution >= 4 is 17.8 Å². The lowest BCUT2D eigenvalue weighted by Crippen LogP contribution is -2.46. The van der Waals surface area contributed by atoms with Gasteiger partial charge in [0, 0.05) is 5.56 Å². The maximum atomic E-state index is 12.4. The Kier molecular flexibility index (Phi) is 7.16. The van der Waals surface area contributed by atoms with E-state index in [1.165, 1.54) is 6.26 Å². The summed E-state index contributed by atoms with van der Waals surface area (Å²) < 4.78 is 10.2. The van der Waals surface area contributed by atoms with Gasteiger partial charge in [0.15, 0.2) is 6.61 Å². The minimum Gasteiger partial charge on any atom is -0.467 e. The summed E-state index contributed by atoms with van der Waals surface area (Å²) in [5, 5.41) is 5.26. The zero-order chi connectivity index (χ0) is 19.8. The Bertz CT molecular complexity index is 783. The zero-order valence-corrected chi connectivity index (χ0v) is 15.7. The van der Waals surface area contributed by atoms with Crippen LogP contribution < -0.4 is 10.6 Å². The summed E-state index contributed by atoms with van der Waals surface area (Å²) in [6, 6.07) is 9.65. The molecule has 0 bridgehead atoms. The Morgan fingerprint density at radius 3 is 2.56 bits per heavy atom. The molecule has 0 aliphatic rings. The van der Waals surface area contributed by atoms with Gasteiger partial charge in [-0.05, 0) is 37.1 Å². The molecule has 0 saturated carbocycles. The number of carbonyl (C=O) groups is 3. The van der Waals surface area contributed by atoms with E-state index < -0.39 is 24.5 Å². The molecule has 2 amide bonds. The first-order valence-electron chi connectivity index (χ1n) is 8.70. The second kappa shape index (κ2) is 9.56. The van der Waals surface area contributed by atoms with Gasteiger partial charge in [0.25, 0.3) is 11.8 Å². The van der Waals surface area contributed by atoms with Crippen LogP contribution in [0.3, 0.4) is 0 Å². The first-order chi connectivity index (χ1) is 12.9. The van der Waals surface area contributed by atoms with Crippen LogP contribution in [-0.2, 0) is 20.9 Å². The number of aryl methyl sites for hydroxylation is 1. The molecule has 0 saturated heterocycles. The van der Waals surface area contributed by atoms with Crippen molar-refractivity contribution in [3.63, 3.8) is 0 Å². The lowest BCUT2D eigenvalue weighted by Gasteiger charge is -2.21. The Morgan fingerprint density at radius 2 is 1.93 bits per heavy atom. The second-order valence-corrected chi connectivity index (χ2v) is 6.53. The maximum Gasteiger partial charge on any atom is 0.329 e. The van der Waals surface area contributed by atoms with E-state index in [-0.39, 0.29) is 18.4 Å². The second-order valence-electron chi connectivity index (χ2n) is 6.53. The summed E-state index contributed by atoms with van der Waals surface area (Å²) in [5.41, 5.74) is 1.41. The highest BCUT2D eigenvalue weighted by atomic mass is 16.5. The van der Waals surface area contributed by atoms with Gasteiger partial charge in [0.05, 0.1) is 12.8 Å². The highest BCUT2D eigenvalue weighted by Crippen LogP contribution is 2.08. The van der Waals surface area contributed by atoms with Gasteiger partial charge in [-0.2, -0.15) is 0 Å². The molecule has 7 nitrogen and oxygen atoms in total. The van der Waals surface area contributed by atoms with Crippen molar-refractivity contribution in [3.8, 4) is 0 Å². The van der Waals surface area contributed by atoms with Crippen LogP contribution in [0.5, 0.6) is 0 Å². The number of esters is 1. The SMILES string of the molecule is Cc1cccc(C(=O)N[C@H](C(=O)OCC(=O)NCc2ccco2)C(C)C)c1. The fourth-order valence-electron chi connectivity index (χ4n) is 2.38. The van der Waals surface area contributed by atoms with Crippen molar-refractivity contribution in [2.24, 2.45) is 5.92 Å². The van der Waals surface area contributed by atoms with Crippen LogP contribution in [0, 0.1) is 12.8 Å². The third-order valence-corrected chi connectivity index (χ3v) is 3.87. The average Bonchev–Trinajstić information content (AvgIpc) is 3.15. The molecule has 2 aromatic rings. The summed E-state index contributed by atoms with van der Waals surface area (Å²) >= 11 is 0. The van der Waals surface area contributed by atoms with Crippen LogP contribution in [0.2, 0.25) is 0 Å². The quantitative estimate of drug-likeness (QED) is 0.693. The molecule has 1 atom stereocenters. The molecule has 0 spiro atoms. The van der Waals surface area contributed by atoms with E-state index in [2.05, 4.69) is 10.6 Å². The Labute approximate surface area is 158 Å². The lowest BCUT2D eigenvalue weighted by atomic mass is 10.0. The molecule has 0 unspecified atom stereocenters. The fraction of sp³-hybridized carbons (Fsp3) is 0.350. The van der Waals surface area contributed by atoms with Crippen LogP contribution in [0.4, 0.5) is 0 Å². The average molecular weight is 372 g/mol. The monoisotopic (exact) mass is 372 g/mol. The molecular weight excluding hydrogens is 348 g/mol. The minimum atomic E-state index is -0.851. The van der Waals surface area contributed by atoms with E-state index in [1.807, 2.05) is 13.0 Å². The van der Waals surface area contributed by atoms with Gasteiger partial charge in [0.2, 0.25) is 0 Å². The van der Waals surface area contributed by atoms with Crippen molar-refractivity contribution in [3.05, 3.63) is 59.5 Å². The summed E-state index contributed by atoms with van der Waals surface area (Å²) in [4.78, 5) is 36.5. The highest BCUT2D eigenvalue weighted by molar-refractivity contribution is 5.97. The number of carbonyl (C=O) groups excluding carboxylic acids is 3. The van der Waals surface area contributed by atoms with Gasteiger partial charge < -0.3 is 19.8 Å². The Hall–Kier alpha value is -3.09. The zero-order valence-electron chi connectivity index (χ0n) is 15.7. The number of benzene rings is 1. The lowest BCUT2D eigenvalue weighted by molar-refractivity contribution is -0.151. The van der Waals surface area contributed by atoms with Crippen molar-refractivity contribution in [1.82, 2.24) is 10.6 Å². The molecule has 1 aromatic carbocycles. The smallest absolute Gasteiger partial charge is 0.329 e. The van der Waals surface area contributed by atoms with E-state index in [1.54, 1.807) is 44.2 Å². The molecule has 0 aliphatic heterocycles. The van der Waals surface area contributed by atoms with Gasteiger partial charge in [-0.25, -0.2) is 4.79 Å². The van der Waals surface area contributed by atoms with Gasteiger partial charge in [-0.1, -0.05) is 31.5 Å². The van der Waals surface area contributed by atoms with Crippen molar-refractivity contribution in [2.75, 3.05) is 6.61 Å². The molecule has 7 heteroatoms. The minimum absolute atomic E-state index is 0.197. The highest BCUT2D eigenvalue weighted by Gasteiger charge is 2.26. The molecule has 1 aromatic heterocycles. The molecule has 0 fully saturated rings. The third kappa shape index (κ3) is 6.29. The van der Waals surface area contributed by atoms with Crippen LogP contribution in [0.1, 0.15) is 35.5 Å². The molecule has 2 N–H and O–H groups in total. The fourth-order valence-corrected chi connectivity index (χ4v) is 2.38. The predicted molar refractivity (Wildman–Crippen MR) is 98.8 cm³/mol. The van der Waals surface area contributed by atoms with Crippen LogP contribution >= 0.6 is 0 Å². The third-order valence-electron chi connectivity index (χ3n) is 3.87. The van der Waals surface area contributed by atoms with Crippen LogP contribution in [0.15, 0.2) is 47.1 Å². The molecule has 0 radical (unpaired) electrons. The van der Waals surface area contributed by atoms with E-state index in [9.17, 15) is 14.4 Å². The molecule has 2 rings (SSSR count). The normalized spacial score (nSPS) is 11.7. The number of furan rings is 1. The molecular formula is C20H24N2O5. The predicted octanol–water partition coefficient (Wildman–Crippen LogP) is 2.20. The van der Waals surface area contributed by atoms with Crippen LogP contribution in [-0.4, -0.2) is 30.4 Å². The van der Waals surface area contributed by atoms with Gasteiger partial charge in [0.1, 0.15) is 11.8 Å².